The Morgan fingerprint density at radius 3 is 2.72 bits per heavy atom. The third-order valence-electron chi connectivity index (χ3n) is 3.70. The lowest BCUT2D eigenvalue weighted by Crippen LogP contribution is -2.14. The molecule has 5 heteroatoms. The summed E-state index contributed by atoms with van der Waals surface area (Å²) in [6.45, 7) is 3.98. The average Bonchev–Trinajstić information content (AvgIpc) is 2.59. The predicted molar refractivity (Wildman–Crippen MR) is 102 cm³/mol. The number of rotatable bonds is 4. The van der Waals surface area contributed by atoms with Crippen LogP contribution in [0, 0.1) is 25.2 Å². The van der Waals surface area contributed by atoms with Crippen LogP contribution >= 0.6 is 11.8 Å². The minimum atomic E-state index is -0.120. The highest BCUT2D eigenvalue weighted by Crippen LogP contribution is 2.25. The lowest BCUT2D eigenvalue weighted by molar-refractivity contribution is -0.113. The number of hydrogen-bond donors (Lipinski definition) is 1. The van der Waals surface area contributed by atoms with Gasteiger partial charge in [0.1, 0.15) is 11.1 Å². The van der Waals surface area contributed by atoms with E-state index in [1.54, 1.807) is 0 Å². The van der Waals surface area contributed by atoms with Gasteiger partial charge in [0.2, 0.25) is 5.91 Å². The molecule has 0 fully saturated rings. The number of thioether (sulfide) groups is 1. The van der Waals surface area contributed by atoms with E-state index in [0.29, 0.717) is 10.6 Å². The fraction of sp³-hybridized carbons (Fsp3) is 0.150. The minimum Gasteiger partial charge on any atom is -0.325 e. The molecule has 0 atom stereocenters. The molecule has 1 aromatic heterocycles. The molecule has 0 saturated heterocycles. The van der Waals surface area contributed by atoms with Crippen LogP contribution in [0.25, 0.3) is 10.9 Å². The molecule has 0 saturated carbocycles. The molecular weight excluding hydrogens is 330 g/mol. The summed E-state index contributed by atoms with van der Waals surface area (Å²) in [7, 11) is 0. The van der Waals surface area contributed by atoms with Crippen LogP contribution in [0.3, 0.4) is 0 Å². The van der Waals surface area contributed by atoms with Crippen molar-refractivity contribution in [1.29, 1.82) is 5.26 Å². The summed E-state index contributed by atoms with van der Waals surface area (Å²) >= 11 is 1.28. The van der Waals surface area contributed by atoms with Crippen molar-refractivity contribution < 1.29 is 4.79 Å². The van der Waals surface area contributed by atoms with E-state index in [1.165, 1.54) is 11.8 Å². The summed E-state index contributed by atoms with van der Waals surface area (Å²) in [6, 6.07) is 17.6. The van der Waals surface area contributed by atoms with Gasteiger partial charge >= 0.3 is 0 Å². The number of nitriles is 1. The number of aryl methyl sites for hydroxylation is 2. The molecule has 1 amide bonds. The van der Waals surface area contributed by atoms with E-state index in [9.17, 15) is 10.1 Å². The topological polar surface area (TPSA) is 65.8 Å². The van der Waals surface area contributed by atoms with E-state index in [1.807, 2.05) is 62.4 Å². The molecule has 3 rings (SSSR count). The summed E-state index contributed by atoms with van der Waals surface area (Å²) in [4.78, 5) is 16.7. The minimum absolute atomic E-state index is 0.120. The van der Waals surface area contributed by atoms with Crippen molar-refractivity contribution in [2.24, 2.45) is 0 Å². The Kier molecular flexibility index (Phi) is 5.01. The van der Waals surface area contributed by atoms with E-state index in [2.05, 4.69) is 16.4 Å². The quantitative estimate of drug-likeness (QED) is 0.708. The van der Waals surface area contributed by atoms with E-state index >= 15 is 0 Å². The average molecular weight is 347 g/mol. The zero-order valence-corrected chi connectivity index (χ0v) is 14.9. The van der Waals surface area contributed by atoms with E-state index < -0.39 is 0 Å². The van der Waals surface area contributed by atoms with E-state index in [0.717, 1.165) is 27.7 Å². The number of carbonyl (C=O) groups excluding carboxylic acids is 1. The van der Waals surface area contributed by atoms with Gasteiger partial charge in [-0.2, -0.15) is 5.26 Å². The third kappa shape index (κ3) is 4.17. The van der Waals surface area contributed by atoms with Crippen molar-refractivity contribution in [3.8, 4) is 6.07 Å². The van der Waals surface area contributed by atoms with Gasteiger partial charge in [0.15, 0.2) is 0 Å². The summed E-state index contributed by atoms with van der Waals surface area (Å²) in [5, 5.41) is 13.8. The zero-order valence-electron chi connectivity index (χ0n) is 14.0. The number of benzene rings is 2. The number of aromatic nitrogens is 1. The first kappa shape index (κ1) is 17.0. The van der Waals surface area contributed by atoms with Crippen LogP contribution < -0.4 is 5.32 Å². The molecule has 1 N–H and O–H groups in total. The molecule has 0 aliphatic heterocycles. The van der Waals surface area contributed by atoms with Crippen LogP contribution in [-0.2, 0) is 4.79 Å². The van der Waals surface area contributed by atoms with E-state index in [4.69, 9.17) is 0 Å². The number of hydrogen-bond acceptors (Lipinski definition) is 4. The maximum absolute atomic E-state index is 12.2. The molecule has 0 aliphatic rings. The summed E-state index contributed by atoms with van der Waals surface area (Å²) in [6.07, 6.45) is 0. The van der Waals surface area contributed by atoms with Crippen LogP contribution in [-0.4, -0.2) is 16.6 Å². The van der Waals surface area contributed by atoms with Crippen molar-refractivity contribution >= 4 is 34.3 Å². The van der Waals surface area contributed by atoms with Crippen molar-refractivity contribution in [3.05, 3.63) is 65.2 Å². The summed E-state index contributed by atoms with van der Waals surface area (Å²) in [5.41, 5.74) is 4.30. The highest BCUT2D eigenvalue weighted by atomic mass is 32.2. The second kappa shape index (κ2) is 7.37. The van der Waals surface area contributed by atoms with Crippen LogP contribution in [0.15, 0.2) is 53.6 Å². The lowest BCUT2D eigenvalue weighted by atomic mass is 10.1. The first-order valence-corrected chi connectivity index (χ1v) is 8.84. The number of nitrogens with one attached hydrogen (secondary N) is 1. The number of nitrogens with zero attached hydrogens (tertiary/aromatic N) is 2. The third-order valence-corrected chi connectivity index (χ3v) is 4.69. The van der Waals surface area contributed by atoms with Gasteiger partial charge in [-0.25, -0.2) is 4.98 Å². The van der Waals surface area contributed by atoms with Crippen LogP contribution in [0.1, 0.15) is 16.7 Å². The smallest absolute Gasteiger partial charge is 0.234 e. The van der Waals surface area contributed by atoms with Gasteiger partial charge in [-0.15, -0.1) is 0 Å². The van der Waals surface area contributed by atoms with Gasteiger partial charge in [0.25, 0.3) is 0 Å². The maximum Gasteiger partial charge on any atom is 0.234 e. The van der Waals surface area contributed by atoms with Crippen molar-refractivity contribution in [1.82, 2.24) is 4.98 Å². The molecule has 124 valence electrons. The number of anilines is 1. The Morgan fingerprint density at radius 1 is 1.16 bits per heavy atom. The fourth-order valence-electron chi connectivity index (χ4n) is 2.52. The summed E-state index contributed by atoms with van der Waals surface area (Å²) in [5.74, 6) is 0.0813. The molecular formula is C20H17N3OS. The molecule has 25 heavy (non-hydrogen) atoms. The Morgan fingerprint density at radius 2 is 1.96 bits per heavy atom. The Hall–Kier alpha value is -2.84. The molecule has 0 bridgehead atoms. The van der Waals surface area contributed by atoms with Crippen molar-refractivity contribution in [3.63, 3.8) is 0 Å². The normalized spacial score (nSPS) is 10.4. The van der Waals surface area contributed by atoms with Gasteiger partial charge in [0, 0.05) is 11.1 Å². The van der Waals surface area contributed by atoms with Crippen molar-refractivity contribution in [2.45, 2.75) is 18.9 Å². The SMILES string of the molecule is Cc1cccc(NC(=O)CSc2nc3ccc(C)cc3cc2C#N)c1. The zero-order chi connectivity index (χ0) is 17.8. The molecule has 0 spiro atoms. The van der Waals surface area contributed by atoms with Gasteiger partial charge < -0.3 is 5.32 Å². The highest BCUT2D eigenvalue weighted by molar-refractivity contribution is 8.00. The first-order valence-electron chi connectivity index (χ1n) is 7.86. The molecule has 4 nitrogen and oxygen atoms in total. The standard InChI is InChI=1S/C20H17N3OS/c1-13-4-3-5-17(9-13)22-19(24)12-25-20-16(11-21)10-15-8-14(2)6-7-18(15)23-20/h3-10H,12H2,1-2H3,(H,22,24). The highest BCUT2D eigenvalue weighted by Gasteiger charge is 2.11. The second-order valence-electron chi connectivity index (χ2n) is 5.86. The number of carbonyl (C=O) groups is 1. The van der Waals surface area contributed by atoms with Gasteiger partial charge in [-0.1, -0.05) is 35.5 Å². The van der Waals surface area contributed by atoms with Crippen LogP contribution in [0.4, 0.5) is 5.69 Å². The molecule has 3 aromatic rings. The molecule has 0 radical (unpaired) electrons. The number of fused-ring (bicyclic) bond motifs is 1. The molecule has 2 aromatic carbocycles. The van der Waals surface area contributed by atoms with Crippen LogP contribution in [0.2, 0.25) is 0 Å². The summed E-state index contributed by atoms with van der Waals surface area (Å²) < 4.78 is 0. The van der Waals surface area contributed by atoms with Gasteiger partial charge in [-0.05, 0) is 49.7 Å². The Bertz CT molecular complexity index is 992. The predicted octanol–water partition coefficient (Wildman–Crippen LogP) is 4.45. The fourth-order valence-corrected chi connectivity index (χ4v) is 3.29. The molecule has 0 aliphatic carbocycles. The van der Waals surface area contributed by atoms with E-state index in [-0.39, 0.29) is 11.7 Å². The Balaban J connectivity index is 1.75. The largest absolute Gasteiger partial charge is 0.325 e. The first-order chi connectivity index (χ1) is 12.0. The number of pyridine rings is 1. The van der Waals surface area contributed by atoms with Crippen LogP contribution in [0.5, 0.6) is 0 Å². The maximum atomic E-state index is 12.2. The monoisotopic (exact) mass is 347 g/mol. The molecule has 0 unspecified atom stereocenters. The van der Waals surface area contributed by atoms with Gasteiger partial charge in [0.05, 0.1) is 16.8 Å². The lowest BCUT2D eigenvalue weighted by Gasteiger charge is -2.08. The second-order valence-corrected chi connectivity index (χ2v) is 6.82. The number of amides is 1. The Labute approximate surface area is 150 Å². The van der Waals surface area contributed by atoms with Crippen molar-refractivity contribution in [2.75, 3.05) is 11.1 Å². The van der Waals surface area contributed by atoms with Gasteiger partial charge in [-0.3, -0.25) is 4.79 Å². The molecule has 1 heterocycles.